The minimum atomic E-state index is -0.466. The molecule has 5 aromatic rings. The third-order valence-electron chi connectivity index (χ3n) is 5.93. The van der Waals surface area contributed by atoms with Crippen LogP contribution in [0.15, 0.2) is 61.2 Å². The van der Waals surface area contributed by atoms with E-state index in [1.807, 2.05) is 66.4 Å². The molecule has 0 saturated carbocycles. The van der Waals surface area contributed by atoms with Crippen molar-refractivity contribution in [3.63, 3.8) is 0 Å². The molecule has 1 amide bonds. The zero-order valence-corrected chi connectivity index (χ0v) is 22.6. The standard InChI is InChI=1S/C27H30N8O2S/c1-27(2,3)22-12-23(38-33-22)32-24-25-29-14-21(19-13-30-34(4)15-19)35(25)16-20(31-24)10-11-28-26(36)37-17-18-8-6-5-7-9-18/h5-9,12-16H,10-11,17H2,1-4H3,(H,28,36)(H,31,32). The van der Waals surface area contributed by atoms with E-state index in [9.17, 15) is 4.79 Å². The predicted octanol–water partition coefficient (Wildman–Crippen LogP) is 5.10. The van der Waals surface area contributed by atoms with Gasteiger partial charge in [0.25, 0.3) is 0 Å². The number of rotatable bonds is 8. The molecule has 0 spiro atoms. The Bertz CT molecular complexity index is 1550. The molecule has 0 atom stereocenters. The monoisotopic (exact) mass is 530 g/mol. The van der Waals surface area contributed by atoms with Gasteiger partial charge in [-0.2, -0.15) is 9.47 Å². The second-order valence-corrected chi connectivity index (χ2v) is 10.8. The molecule has 38 heavy (non-hydrogen) atoms. The lowest BCUT2D eigenvalue weighted by Gasteiger charge is -2.14. The van der Waals surface area contributed by atoms with Crippen LogP contribution in [-0.4, -0.2) is 41.2 Å². The van der Waals surface area contributed by atoms with Gasteiger partial charge in [-0.3, -0.25) is 9.08 Å². The highest BCUT2D eigenvalue weighted by molar-refractivity contribution is 7.10. The molecule has 196 valence electrons. The molecule has 0 aliphatic carbocycles. The van der Waals surface area contributed by atoms with Crippen molar-refractivity contribution in [2.45, 2.75) is 39.2 Å². The van der Waals surface area contributed by atoms with Gasteiger partial charge in [0.05, 0.1) is 29.5 Å². The largest absolute Gasteiger partial charge is 0.445 e. The number of hydrogen-bond acceptors (Lipinski definition) is 8. The minimum Gasteiger partial charge on any atom is -0.445 e. The highest BCUT2D eigenvalue weighted by Gasteiger charge is 2.19. The van der Waals surface area contributed by atoms with E-state index in [2.05, 4.69) is 45.9 Å². The zero-order chi connectivity index (χ0) is 26.7. The summed E-state index contributed by atoms with van der Waals surface area (Å²) < 4.78 is 13.7. The van der Waals surface area contributed by atoms with Crippen molar-refractivity contribution < 1.29 is 9.53 Å². The van der Waals surface area contributed by atoms with E-state index in [1.165, 1.54) is 11.5 Å². The number of fused-ring (bicyclic) bond motifs is 1. The normalized spacial score (nSPS) is 11.6. The summed E-state index contributed by atoms with van der Waals surface area (Å²) in [6.07, 6.45) is 7.55. The minimum absolute atomic E-state index is 0.0530. The number of carbonyl (C=O) groups is 1. The zero-order valence-electron chi connectivity index (χ0n) is 21.8. The Balaban J connectivity index is 1.36. The Morgan fingerprint density at radius 3 is 2.66 bits per heavy atom. The van der Waals surface area contributed by atoms with Gasteiger partial charge < -0.3 is 15.4 Å². The average Bonchev–Trinajstić information content (AvgIpc) is 3.63. The summed E-state index contributed by atoms with van der Waals surface area (Å²) in [5, 5.41) is 11.4. The number of alkyl carbamates (subject to hydrolysis) is 1. The summed E-state index contributed by atoms with van der Waals surface area (Å²) in [5.74, 6) is 0.619. The summed E-state index contributed by atoms with van der Waals surface area (Å²) >= 11 is 1.39. The summed E-state index contributed by atoms with van der Waals surface area (Å²) in [5.41, 5.74) is 5.21. The van der Waals surface area contributed by atoms with E-state index < -0.39 is 6.09 Å². The molecular weight excluding hydrogens is 500 g/mol. The molecule has 11 heteroatoms. The van der Waals surface area contributed by atoms with Gasteiger partial charge in [0.15, 0.2) is 11.5 Å². The number of anilines is 2. The van der Waals surface area contributed by atoms with Gasteiger partial charge in [-0.05, 0) is 23.2 Å². The lowest BCUT2D eigenvalue weighted by atomic mass is 9.92. The van der Waals surface area contributed by atoms with Crippen molar-refractivity contribution in [3.8, 4) is 11.3 Å². The lowest BCUT2D eigenvalue weighted by molar-refractivity contribution is 0.140. The van der Waals surface area contributed by atoms with Crippen molar-refractivity contribution in [2.24, 2.45) is 7.05 Å². The average molecular weight is 531 g/mol. The van der Waals surface area contributed by atoms with E-state index in [-0.39, 0.29) is 12.0 Å². The first kappa shape index (κ1) is 25.4. The van der Waals surface area contributed by atoms with Crippen LogP contribution in [0.2, 0.25) is 0 Å². The van der Waals surface area contributed by atoms with Crippen LogP contribution in [0.4, 0.5) is 15.6 Å². The maximum Gasteiger partial charge on any atom is 0.407 e. The van der Waals surface area contributed by atoms with Crippen LogP contribution in [0.1, 0.15) is 37.7 Å². The second kappa shape index (κ2) is 10.6. The number of aryl methyl sites for hydroxylation is 1. The number of carbonyl (C=O) groups excluding carboxylic acids is 1. The third kappa shape index (κ3) is 5.83. The summed E-state index contributed by atoms with van der Waals surface area (Å²) in [6, 6.07) is 11.6. The fraction of sp³-hybridized carbons (Fsp3) is 0.296. The van der Waals surface area contributed by atoms with Crippen molar-refractivity contribution in [2.75, 3.05) is 11.9 Å². The molecule has 0 unspecified atom stereocenters. The highest BCUT2D eigenvalue weighted by Crippen LogP contribution is 2.31. The van der Waals surface area contributed by atoms with Crippen LogP contribution >= 0.6 is 11.5 Å². The molecule has 0 saturated heterocycles. The van der Waals surface area contributed by atoms with Gasteiger partial charge in [-0.15, -0.1) is 0 Å². The molecule has 5 rings (SSSR count). The number of nitrogens with one attached hydrogen (secondary N) is 2. The van der Waals surface area contributed by atoms with E-state index in [0.29, 0.717) is 24.4 Å². The molecule has 2 N–H and O–H groups in total. The summed E-state index contributed by atoms with van der Waals surface area (Å²) in [4.78, 5) is 21.7. The van der Waals surface area contributed by atoms with Crippen LogP contribution in [-0.2, 0) is 30.2 Å². The number of aromatic nitrogens is 6. The lowest BCUT2D eigenvalue weighted by Crippen LogP contribution is -2.26. The quantitative estimate of drug-likeness (QED) is 0.287. The first-order valence-corrected chi connectivity index (χ1v) is 13.1. The summed E-state index contributed by atoms with van der Waals surface area (Å²) in [6.45, 7) is 7.00. The van der Waals surface area contributed by atoms with Crippen molar-refractivity contribution in [3.05, 3.63) is 78.1 Å². The smallest absolute Gasteiger partial charge is 0.407 e. The topological polar surface area (TPSA) is 111 Å². The van der Waals surface area contributed by atoms with E-state index in [1.54, 1.807) is 10.9 Å². The van der Waals surface area contributed by atoms with Crippen LogP contribution in [0.5, 0.6) is 0 Å². The van der Waals surface area contributed by atoms with Crippen molar-refractivity contribution in [1.82, 2.24) is 33.8 Å². The van der Waals surface area contributed by atoms with Gasteiger partial charge >= 0.3 is 6.09 Å². The molecule has 4 heterocycles. The molecule has 0 aliphatic rings. The molecule has 0 bridgehead atoms. The molecule has 0 fully saturated rings. The van der Waals surface area contributed by atoms with Crippen molar-refractivity contribution in [1.29, 1.82) is 0 Å². The Hall–Kier alpha value is -4.25. The number of ether oxygens (including phenoxy) is 1. The van der Waals surface area contributed by atoms with Crippen LogP contribution < -0.4 is 10.6 Å². The second-order valence-electron chi connectivity index (χ2n) is 10.0. The maximum absolute atomic E-state index is 12.2. The van der Waals surface area contributed by atoms with Crippen molar-refractivity contribution >= 4 is 34.1 Å². The Labute approximate surface area is 224 Å². The Kier molecular flexibility index (Phi) is 7.10. The third-order valence-corrected chi connectivity index (χ3v) is 6.63. The van der Waals surface area contributed by atoms with Gasteiger partial charge in [-0.1, -0.05) is 51.1 Å². The van der Waals surface area contributed by atoms with Crippen LogP contribution in [0.25, 0.3) is 16.9 Å². The number of nitrogens with zero attached hydrogens (tertiary/aromatic N) is 6. The van der Waals surface area contributed by atoms with Gasteiger partial charge in [0, 0.05) is 43.4 Å². The van der Waals surface area contributed by atoms with Gasteiger partial charge in [0.1, 0.15) is 11.6 Å². The van der Waals surface area contributed by atoms with E-state index in [0.717, 1.165) is 33.2 Å². The molecule has 0 radical (unpaired) electrons. The molecule has 10 nitrogen and oxygen atoms in total. The van der Waals surface area contributed by atoms with Crippen LogP contribution in [0.3, 0.4) is 0 Å². The van der Waals surface area contributed by atoms with E-state index >= 15 is 0 Å². The fourth-order valence-corrected chi connectivity index (χ4v) is 4.71. The van der Waals surface area contributed by atoms with Gasteiger partial charge in [-0.25, -0.2) is 14.8 Å². The number of benzene rings is 1. The molecule has 0 aliphatic heterocycles. The van der Waals surface area contributed by atoms with Crippen LogP contribution in [0, 0.1) is 0 Å². The highest BCUT2D eigenvalue weighted by atomic mass is 32.1. The number of amides is 1. The SMILES string of the molecule is Cn1cc(-c2cnc3c(Nc4cc(C(C)(C)C)ns4)nc(CCNC(=O)OCc4ccccc4)cn23)cn1. The first-order valence-electron chi connectivity index (χ1n) is 12.3. The Morgan fingerprint density at radius 1 is 1.13 bits per heavy atom. The number of imidazole rings is 1. The molecule has 1 aromatic carbocycles. The summed E-state index contributed by atoms with van der Waals surface area (Å²) in [7, 11) is 1.88. The molecular formula is C27H30N8O2S. The Morgan fingerprint density at radius 2 is 1.95 bits per heavy atom. The fourth-order valence-electron chi connectivity index (χ4n) is 3.88. The molecule has 4 aromatic heterocycles. The van der Waals surface area contributed by atoms with E-state index in [4.69, 9.17) is 9.72 Å². The number of hydrogen-bond donors (Lipinski definition) is 2. The first-order chi connectivity index (χ1) is 18.3. The van der Waals surface area contributed by atoms with Gasteiger partial charge in [0.2, 0.25) is 0 Å². The predicted molar refractivity (Wildman–Crippen MR) is 148 cm³/mol. The maximum atomic E-state index is 12.2.